The van der Waals surface area contributed by atoms with E-state index in [4.69, 9.17) is 24.3 Å². The standard InChI is InChI=1S/C83H164NO8P/c1-3-5-7-9-11-13-15-17-19-21-23-25-27-29-31-33-35-36-37-38-39-40-41-42-43-44-46-47-49-51-53-55-57-59-61-63-65-67-69-71-73-75-82(85)89-79-81(80-91-93(87,88)90-78-77-84)92-83(86)76-74-72-70-68-66-64-62-60-58-56-54-52-50-48-45-34-32-30-28-26-24-22-20-18-16-14-12-10-8-6-4-2/h22,24,81H,3-21,23,25-80,84H2,1-2H3,(H,87,88)/b24-22-. The highest BCUT2D eigenvalue weighted by molar-refractivity contribution is 7.47. The van der Waals surface area contributed by atoms with Gasteiger partial charge in [0.2, 0.25) is 0 Å². The molecule has 0 radical (unpaired) electrons. The van der Waals surface area contributed by atoms with Crippen LogP contribution in [-0.2, 0) is 32.7 Å². The zero-order chi connectivity index (χ0) is 67.2. The predicted molar refractivity (Wildman–Crippen MR) is 405 cm³/mol. The molecule has 93 heavy (non-hydrogen) atoms. The van der Waals surface area contributed by atoms with Gasteiger partial charge in [0.15, 0.2) is 6.10 Å². The molecule has 0 aliphatic rings. The molecule has 0 saturated carbocycles. The van der Waals surface area contributed by atoms with Gasteiger partial charge in [-0.05, 0) is 38.5 Å². The molecule has 0 aromatic carbocycles. The molecular formula is C83H164NO8P. The Balaban J connectivity index is 3.69. The van der Waals surface area contributed by atoms with E-state index in [1.54, 1.807) is 0 Å². The third-order valence-electron chi connectivity index (χ3n) is 19.7. The van der Waals surface area contributed by atoms with Crippen LogP contribution in [0.1, 0.15) is 476 Å². The quantitative estimate of drug-likeness (QED) is 0.0264. The van der Waals surface area contributed by atoms with Crippen LogP contribution in [-0.4, -0.2) is 49.3 Å². The fraction of sp³-hybridized carbons (Fsp3) is 0.952. The molecule has 2 unspecified atom stereocenters. The highest BCUT2D eigenvalue weighted by atomic mass is 31.2. The second-order valence-corrected chi connectivity index (χ2v) is 30.5. The Morgan fingerprint density at radius 1 is 0.312 bits per heavy atom. The van der Waals surface area contributed by atoms with Crippen LogP contribution in [0.3, 0.4) is 0 Å². The maximum atomic E-state index is 12.8. The van der Waals surface area contributed by atoms with Crippen molar-refractivity contribution in [1.29, 1.82) is 0 Å². The topological polar surface area (TPSA) is 134 Å². The number of allylic oxidation sites excluding steroid dienone is 2. The van der Waals surface area contributed by atoms with Gasteiger partial charge < -0.3 is 20.1 Å². The van der Waals surface area contributed by atoms with E-state index in [1.807, 2.05) is 0 Å². The van der Waals surface area contributed by atoms with Gasteiger partial charge in [-0.1, -0.05) is 437 Å². The van der Waals surface area contributed by atoms with E-state index in [2.05, 4.69) is 26.0 Å². The smallest absolute Gasteiger partial charge is 0.462 e. The zero-order valence-electron chi connectivity index (χ0n) is 62.8. The number of nitrogens with two attached hydrogens (primary N) is 1. The lowest BCUT2D eigenvalue weighted by Crippen LogP contribution is -2.29. The Bertz CT molecular complexity index is 1530. The van der Waals surface area contributed by atoms with Crippen molar-refractivity contribution >= 4 is 19.8 Å². The number of phosphoric acid groups is 1. The normalized spacial score (nSPS) is 12.8. The van der Waals surface area contributed by atoms with Gasteiger partial charge in [0.25, 0.3) is 0 Å². The SMILES string of the molecule is CCCCCCCCCC/C=C\CCCCCCCCCCCCCCCCCCCCCC(=O)OC(COC(=O)CCCCCCCCCCCCCCCCCCCCCCCCCCCCCCCCCCCCCCCCCCC)COP(=O)(O)OCCN. The summed E-state index contributed by atoms with van der Waals surface area (Å²) in [6.07, 6.45) is 99.6. The van der Waals surface area contributed by atoms with Crippen LogP contribution in [0.15, 0.2) is 12.2 Å². The van der Waals surface area contributed by atoms with Gasteiger partial charge >= 0.3 is 19.8 Å². The summed E-state index contributed by atoms with van der Waals surface area (Å²) in [5, 5.41) is 0. The molecule has 0 heterocycles. The van der Waals surface area contributed by atoms with Gasteiger partial charge in [0.05, 0.1) is 13.2 Å². The number of esters is 2. The lowest BCUT2D eigenvalue weighted by atomic mass is 10.0. The monoisotopic (exact) mass is 1330 g/mol. The molecule has 2 atom stereocenters. The van der Waals surface area contributed by atoms with Gasteiger partial charge in [-0.3, -0.25) is 18.6 Å². The van der Waals surface area contributed by atoms with E-state index in [0.717, 1.165) is 32.1 Å². The van der Waals surface area contributed by atoms with Crippen LogP contribution < -0.4 is 5.73 Å². The zero-order valence-corrected chi connectivity index (χ0v) is 63.7. The summed E-state index contributed by atoms with van der Waals surface area (Å²) in [6, 6.07) is 0. The molecule has 0 fully saturated rings. The Hall–Kier alpha value is -1.25. The average molecular weight is 1340 g/mol. The van der Waals surface area contributed by atoms with Crippen LogP contribution in [0.5, 0.6) is 0 Å². The Labute approximate surface area is 580 Å². The van der Waals surface area contributed by atoms with Crippen molar-refractivity contribution in [1.82, 2.24) is 0 Å². The minimum Gasteiger partial charge on any atom is -0.462 e. The maximum absolute atomic E-state index is 12.8. The van der Waals surface area contributed by atoms with E-state index < -0.39 is 26.5 Å². The van der Waals surface area contributed by atoms with Crippen molar-refractivity contribution in [3.8, 4) is 0 Å². The summed E-state index contributed by atoms with van der Waals surface area (Å²) >= 11 is 0. The lowest BCUT2D eigenvalue weighted by Gasteiger charge is -2.19. The fourth-order valence-electron chi connectivity index (χ4n) is 13.4. The summed E-state index contributed by atoms with van der Waals surface area (Å²) in [7, 11) is -4.39. The van der Waals surface area contributed by atoms with Crippen molar-refractivity contribution in [3.05, 3.63) is 12.2 Å². The summed E-state index contributed by atoms with van der Waals surface area (Å²) in [4.78, 5) is 35.5. The maximum Gasteiger partial charge on any atom is 0.472 e. The van der Waals surface area contributed by atoms with Crippen LogP contribution in [0.4, 0.5) is 0 Å². The molecule has 3 N–H and O–H groups in total. The summed E-state index contributed by atoms with van der Waals surface area (Å²) < 4.78 is 33.3. The molecule has 0 bridgehead atoms. The highest BCUT2D eigenvalue weighted by Gasteiger charge is 2.26. The molecule has 10 heteroatoms. The molecule has 0 saturated heterocycles. The fourth-order valence-corrected chi connectivity index (χ4v) is 14.2. The Morgan fingerprint density at radius 3 is 0.763 bits per heavy atom. The van der Waals surface area contributed by atoms with Crippen LogP contribution in [0.25, 0.3) is 0 Å². The van der Waals surface area contributed by atoms with Crippen LogP contribution >= 0.6 is 7.82 Å². The van der Waals surface area contributed by atoms with Crippen LogP contribution in [0, 0.1) is 0 Å². The minimum atomic E-state index is -4.39. The summed E-state index contributed by atoms with van der Waals surface area (Å²) in [6.45, 7) is 3.85. The second-order valence-electron chi connectivity index (χ2n) is 29.1. The van der Waals surface area contributed by atoms with Crippen molar-refractivity contribution in [3.63, 3.8) is 0 Å². The van der Waals surface area contributed by atoms with Gasteiger partial charge in [-0.25, -0.2) is 4.57 Å². The van der Waals surface area contributed by atoms with E-state index in [-0.39, 0.29) is 38.6 Å². The van der Waals surface area contributed by atoms with Gasteiger partial charge in [0.1, 0.15) is 6.61 Å². The van der Waals surface area contributed by atoms with E-state index in [0.29, 0.717) is 6.42 Å². The summed E-state index contributed by atoms with van der Waals surface area (Å²) in [5.41, 5.74) is 5.42. The molecule has 554 valence electrons. The molecule has 0 spiro atoms. The van der Waals surface area contributed by atoms with Gasteiger partial charge in [0, 0.05) is 19.4 Å². The molecule has 0 aromatic rings. The van der Waals surface area contributed by atoms with E-state index in [9.17, 15) is 19.0 Å². The number of unbranched alkanes of at least 4 members (excludes halogenated alkanes) is 67. The lowest BCUT2D eigenvalue weighted by molar-refractivity contribution is -0.161. The Kier molecular flexibility index (Phi) is 78.7. The second kappa shape index (κ2) is 79.7. The first-order chi connectivity index (χ1) is 45.8. The molecular weight excluding hydrogens is 1170 g/mol. The highest BCUT2D eigenvalue weighted by Crippen LogP contribution is 2.43. The first-order valence-corrected chi connectivity index (χ1v) is 43.7. The third kappa shape index (κ3) is 79.6. The molecule has 0 rings (SSSR count). The van der Waals surface area contributed by atoms with Gasteiger partial charge in [-0.2, -0.15) is 0 Å². The minimum absolute atomic E-state index is 0.0580. The van der Waals surface area contributed by atoms with Crippen molar-refractivity contribution in [2.45, 2.75) is 482 Å². The molecule has 0 aliphatic carbocycles. The third-order valence-corrected chi connectivity index (χ3v) is 20.6. The molecule has 9 nitrogen and oxygen atoms in total. The van der Waals surface area contributed by atoms with E-state index in [1.165, 1.54) is 411 Å². The van der Waals surface area contributed by atoms with Crippen LogP contribution in [0.2, 0.25) is 0 Å². The number of carbonyl (C=O) groups excluding carboxylic acids is 2. The predicted octanol–water partition coefficient (Wildman–Crippen LogP) is 28.2. The first-order valence-electron chi connectivity index (χ1n) is 42.2. The molecule has 0 aliphatic heterocycles. The number of phosphoric ester groups is 1. The number of hydrogen-bond acceptors (Lipinski definition) is 8. The number of ether oxygens (including phenoxy) is 2. The molecule has 0 amide bonds. The van der Waals surface area contributed by atoms with Crippen molar-refractivity contribution in [2.75, 3.05) is 26.4 Å². The largest absolute Gasteiger partial charge is 0.472 e. The first kappa shape index (κ1) is 91.8. The average Bonchev–Trinajstić information content (AvgIpc) is 3.70. The molecule has 0 aromatic heterocycles. The summed E-state index contributed by atoms with van der Waals surface area (Å²) in [5.74, 6) is -0.796. The van der Waals surface area contributed by atoms with Gasteiger partial charge in [-0.15, -0.1) is 0 Å². The number of hydrogen-bond donors (Lipinski definition) is 2. The Morgan fingerprint density at radius 2 is 0.527 bits per heavy atom. The number of rotatable bonds is 82. The number of carbonyl (C=O) groups is 2. The van der Waals surface area contributed by atoms with E-state index >= 15 is 0 Å². The van der Waals surface area contributed by atoms with Crippen molar-refractivity contribution < 1.29 is 37.6 Å². The van der Waals surface area contributed by atoms with Crippen molar-refractivity contribution in [2.24, 2.45) is 5.73 Å².